The largest absolute Gasteiger partial charge is 0.493 e. The van der Waals surface area contributed by atoms with Crippen LogP contribution in [-0.4, -0.2) is 40.4 Å². The van der Waals surface area contributed by atoms with Crippen LogP contribution >= 0.6 is 43.5 Å². The topological polar surface area (TPSA) is 97.3 Å². The Morgan fingerprint density at radius 2 is 1.78 bits per heavy atom. The second kappa shape index (κ2) is 12.6. The van der Waals surface area contributed by atoms with Gasteiger partial charge in [-0.2, -0.15) is 5.10 Å². The fourth-order valence-electron chi connectivity index (χ4n) is 3.04. The molecule has 3 aromatic rings. The average molecular weight is 660 g/mol. The number of hydrazone groups is 1. The second-order valence-electron chi connectivity index (χ2n) is 7.49. The Labute approximate surface area is 231 Å². The standard InChI is InChI=1S/C24H22Br2ClN3O5S/c1-34-22-12-17(11-21(26)24(22)35-15-16-3-7-19(27)8-4-16)13-28-29-23(31)14-30(36(2,32)33)20-9-5-18(25)6-10-20/h3-13H,14-15H2,1-2H3,(H,29,31)/b28-13-. The van der Waals surface area contributed by atoms with E-state index in [2.05, 4.69) is 42.4 Å². The highest BCUT2D eigenvalue weighted by molar-refractivity contribution is 9.10. The molecule has 0 heterocycles. The van der Waals surface area contributed by atoms with Crippen LogP contribution in [0.15, 0.2) is 74.7 Å². The number of hydrogen-bond acceptors (Lipinski definition) is 6. The third-order valence-electron chi connectivity index (χ3n) is 4.75. The van der Waals surface area contributed by atoms with Crippen LogP contribution in [0.4, 0.5) is 5.69 Å². The zero-order chi connectivity index (χ0) is 26.3. The van der Waals surface area contributed by atoms with Crippen LogP contribution in [0.25, 0.3) is 0 Å². The van der Waals surface area contributed by atoms with Crippen molar-refractivity contribution in [2.24, 2.45) is 5.10 Å². The van der Waals surface area contributed by atoms with Crippen LogP contribution < -0.4 is 19.2 Å². The van der Waals surface area contributed by atoms with Crippen molar-refractivity contribution in [3.8, 4) is 11.5 Å². The van der Waals surface area contributed by atoms with Gasteiger partial charge in [0.05, 0.1) is 29.7 Å². The summed E-state index contributed by atoms with van der Waals surface area (Å²) in [6, 6.07) is 17.3. The number of carbonyl (C=O) groups excluding carboxylic acids is 1. The van der Waals surface area contributed by atoms with Crippen LogP contribution in [0.2, 0.25) is 5.02 Å². The predicted octanol–water partition coefficient (Wildman–Crippen LogP) is 5.37. The maximum absolute atomic E-state index is 12.4. The van der Waals surface area contributed by atoms with Crippen LogP contribution in [-0.2, 0) is 21.4 Å². The van der Waals surface area contributed by atoms with Gasteiger partial charge in [0.15, 0.2) is 11.5 Å². The molecular formula is C24H22Br2ClN3O5S. The highest BCUT2D eigenvalue weighted by Gasteiger charge is 2.20. The zero-order valence-corrected chi connectivity index (χ0v) is 24.0. The fourth-order valence-corrected chi connectivity index (χ4v) is 4.86. The minimum Gasteiger partial charge on any atom is -0.493 e. The van der Waals surface area contributed by atoms with Crippen molar-refractivity contribution >= 4 is 71.3 Å². The lowest BCUT2D eigenvalue weighted by Crippen LogP contribution is -2.39. The molecule has 3 aromatic carbocycles. The van der Waals surface area contributed by atoms with Gasteiger partial charge in [0, 0.05) is 9.50 Å². The van der Waals surface area contributed by atoms with E-state index in [0.717, 1.165) is 20.6 Å². The number of anilines is 1. The van der Waals surface area contributed by atoms with Gasteiger partial charge in [0.2, 0.25) is 10.0 Å². The van der Waals surface area contributed by atoms with Gasteiger partial charge in [-0.1, -0.05) is 39.7 Å². The highest BCUT2D eigenvalue weighted by atomic mass is 79.9. The van der Waals surface area contributed by atoms with Gasteiger partial charge in [-0.3, -0.25) is 9.10 Å². The smallest absolute Gasteiger partial charge is 0.260 e. The summed E-state index contributed by atoms with van der Waals surface area (Å²) in [6.45, 7) is -0.118. The first-order valence-corrected chi connectivity index (χ1v) is 14.2. The van der Waals surface area contributed by atoms with Crippen LogP contribution in [0.5, 0.6) is 11.5 Å². The zero-order valence-electron chi connectivity index (χ0n) is 19.2. The van der Waals surface area contributed by atoms with Crippen molar-refractivity contribution in [3.63, 3.8) is 0 Å². The number of ether oxygens (including phenoxy) is 2. The first-order chi connectivity index (χ1) is 17.1. The number of amides is 1. The minimum atomic E-state index is -3.69. The molecule has 0 spiro atoms. The maximum Gasteiger partial charge on any atom is 0.260 e. The summed E-state index contributed by atoms with van der Waals surface area (Å²) in [4.78, 5) is 12.4. The summed E-state index contributed by atoms with van der Waals surface area (Å²) in [5.74, 6) is 0.366. The number of carbonyl (C=O) groups is 1. The number of halogens is 3. The normalized spacial score (nSPS) is 11.4. The number of nitrogens with one attached hydrogen (secondary N) is 1. The number of hydrogen-bond donors (Lipinski definition) is 1. The average Bonchev–Trinajstić information content (AvgIpc) is 2.82. The van der Waals surface area contributed by atoms with Crippen molar-refractivity contribution in [1.82, 2.24) is 5.43 Å². The molecule has 0 unspecified atom stereocenters. The Hall–Kier alpha value is -2.60. The summed E-state index contributed by atoms with van der Waals surface area (Å²) < 4.78 is 38.2. The number of sulfonamides is 1. The molecule has 0 aliphatic rings. The van der Waals surface area contributed by atoms with Gasteiger partial charge in [0.25, 0.3) is 5.91 Å². The predicted molar refractivity (Wildman–Crippen MR) is 149 cm³/mol. The number of rotatable bonds is 10. The third kappa shape index (κ3) is 7.95. The molecule has 1 amide bonds. The Morgan fingerprint density at radius 1 is 1.11 bits per heavy atom. The van der Waals surface area contributed by atoms with Gasteiger partial charge < -0.3 is 9.47 Å². The third-order valence-corrected chi connectivity index (χ3v) is 7.26. The van der Waals surface area contributed by atoms with Crippen LogP contribution in [0.1, 0.15) is 11.1 Å². The maximum atomic E-state index is 12.4. The molecule has 0 bridgehead atoms. The van der Waals surface area contributed by atoms with E-state index in [1.54, 1.807) is 48.5 Å². The summed E-state index contributed by atoms with van der Waals surface area (Å²) in [7, 11) is -2.17. The number of benzene rings is 3. The van der Waals surface area contributed by atoms with Gasteiger partial charge in [-0.25, -0.2) is 13.8 Å². The van der Waals surface area contributed by atoms with Crippen LogP contribution in [0.3, 0.4) is 0 Å². The van der Waals surface area contributed by atoms with Gasteiger partial charge in [0.1, 0.15) is 13.2 Å². The summed E-state index contributed by atoms with van der Waals surface area (Å²) in [5, 5.41) is 4.59. The van der Waals surface area contributed by atoms with E-state index < -0.39 is 22.5 Å². The molecule has 0 saturated heterocycles. The van der Waals surface area contributed by atoms with E-state index in [1.165, 1.54) is 13.3 Å². The Morgan fingerprint density at radius 3 is 2.39 bits per heavy atom. The fraction of sp³-hybridized carbons (Fsp3) is 0.167. The van der Waals surface area contributed by atoms with E-state index in [4.69, 9.17) is 21.1 Å². The molecule has 0 radical (unpaired) electrons. The Bertz CT molecular complexity index is 1350. The second-order valence-corrected chi connectivity index (χ2v) is 11.6. The molecule has 0 aliphatic carbocycles. The lowest BCUT2D eigenvalue weighted by molar-refractivity contribution is -0.119. The van der Waals surface area contributed by atoms with Gasteiger partial charge >= 0.3 is 0 Å². The number of methoxy groups -OCH3 is 1. The van der Waals surface area contributed by atoms with E-state index >= 15 is 0 Å². The molecule has 190 valence electrons. The summed E-state index contributed by atoms with van der Waals surface area (Å²) in [5.41, 5.74) is 4.27. The SMILES string of the molecule is COc1cc(/C=N\NC(=O)CN(c2ccc(Br)cc2)S(C)(=O)=O)cc(Br)c1OCc1ccc(Cl)cc1. The first-order valence-electron chi connectivity index (χ1n) is 10.4. The molecule has 3 rings (SSSR count). The van der Waals surface area contributed by atoms with Crippen molar-refractivity contribution in [2.75, 3.05) is 24.2 Å². The van der Waals surface area contributed by atoms with Crippen molar-refractivity contribution in [2.45, 2.75) is 6.61 Å². The molecule has 36 heavy (non-hydrogen) atoms. The first kappa shape index (κ1) is 28.0. The van der Waals surface area contributed by atoms with Gasteiger partial charge in [-0.15, -0.1) is 0 Å². The highest BCUT2D eigenvalue weighted by Crippen LogP contribution is 2.37. The Kier molecular flexibility index (Phi) is 9.77. The lowest BCUT2D eigenvalue weighted by atomic mass is 10.2. The number of nitrogens with zero attached hydrogens (tertiary/aromatic N) is 2. The molecule has 0 saturated carbocycles. The summed E-state index contributed by atoms with van der Waals surface area (Å²) in [6.07, 6.45) is 2.45. The molecule has 0 fully saturated rings. The minimum absolute atomic E-state index is 0.310. The van der Waals surface area contributed by atoms with Crippen molar-refractivity contribution in [1.29, 1.82) is 0 Å². The van der Waals surface area contributed by atoms with E-state index in [-0.39, 0.29) is 0 Å². The van der Waals surface area contributed by atoms with E-state index in [0.29, 0.717) is 38.9 Å². The van der Waals surface area contributed by atoms with Crippen molar-refractivity contribution < 1.29 is 22.7 Å². The van der Waals surface area contributed by atoms with E-state index in [1.807, 2.05) is 12.1 Å². The van der Waals surface area contributed by atoms with E-state index in [9.17, 15) is 13.2 Å². The van der Waals surface area contributed by atoms with Gasteiger partial charge in [-0.05, 0) is 75.6 Å². The Balaban J connectivity index is 1.67. The van der Waals surface area contributed by atoms with Crippen LogP contribution in [0, 0.1) is 0 Å². The monoisotopic (exact) mass is 657 g/mol. The molecule has 8 nitrogen and oxygen atoms in total. The quantitative estimate of drug-likeness (QED) is 0.233. The molecule has 0 aromatic heterocycles. The molecule has 0 atom stereocenters. The molecule has 0 aliphatic heterocycles. The summed E-state index contributed by atoms with van der Waals surface area (Å²) >= 11 is 12.7. The lowest BCUT2D eigenvalue weighted by Gasteiger charge is -2.21. The molecule has 1 N–H and O–H groups in total. The van der Waals surface area contributed by atoms with Crippen molar-refractivity contribution in [3.05, 3.63) is 85.8 Å². The molecule has 12 heteroatoms. The molecular weight excluding hydrogens is 638 g/mol.